The fraction of sp³-hybridized carbons (Fsp3) is 0.613. The second-order valence-electron chi connectivity index (χ2n) is 11.5. The van der Waals surface area contributed by atoms with Gasteiger partial charge in [0.05, 0.1) is 5.56 Å². The molecule has 4 rings (SSSR count). The molecule has 5 atom stereocenters. The van der Waals surface area contributed by atoms with E-state index in [0.29, 0.717) is 29.7 Å². The van der Waals surface area contributed by atoms with Crippen LogP contribution in [-0.2, 0) is 16.0 Å². The van der Waals surface area contributed by atoms with Gasteiger partial charge in [-0.05, 0) is 91.7 Å². The molecule has 1 aromatic carbocycles. The van der Waals surface area contributed by atoms with Crippen LogP contribution in [0.25, 0.3) is 0 Å². The third-order valence-electron chi connectivity index (χ3n) is 8.40. The van der Waals surface area contributed by atoms with Crippen LogP contribution in [0.1, 0.15) is 107 Å². The Balaban J connectivity index is 2.06. The van der Waals surface area contributed by atoms with Gasteiger partial charge in [0.2, 0.25) is 0 Å². The number of benzene rings is 1. The van der Waals surface area contributed by atoms with Gasteiger partial charge in [0.15, 0.2) is 0 Å². The van der Waals surface area contributed by atoms with E-state index in [1.54, 1.807) is 0 Å². The lowest BCUT2D eigenvalue weighted by molar-refractivity contribution is -0.146. The molecule has 3 aliphatic rings. The summed E-state index contributed by atoms with van der Waals surface area (Å²) in [7, 11) is 0. The molecule has 2 bridgehead atoms. The van der Waals surface area contributed by atoms with Crippen molar-refractivity contribution in [1.29, 1.82) is 0 Å². The van der Waals surface area contributed by atoms with Crippen molar-refractivity contribution in [3.8, 4) is 0 Å². The lowest BCUT2D eigenvalue weighted by Gasteiger charge is -2.40. The Morgan fingerprint density at radius 2 is 1.89 bits per heavy atom. The minimum absolute atomic E-state index is 0.0215. The maximum Gasteiger partial charge on any atom is 0.335 e. The Kier molecular flexibility index (Phi) is 9.01. The molecule has 0 aromatic heterocycles. The summed E-state index contributed by atoms with van der Waals surface area (Å²) >= 11 is 0. The molecule has 3 aliphatic carbocycles. The summed E-state index contributed by atoms with van der Waals surface area (Å²) < 4.78 is 5.60. The number of fused-ring (bicyclic) bond motifs is 8. The summed E-state index contributed by atoms with van der Waals surface area (Å²) in [6, 6.07) is 5.94. The molecule has 1 saturated carbocycles. The summed E-state index contributed by atoms with van der Waals surface area (Å²) in [5.74, 6) is 0.545. The lowest BCUT2D eigenvalue weighted by atomic mass is 9.64. The van der Waals surface area contributed by atoms with Crippen molar-refractivity contribution in [3.05, 3.63) is 58.7 Å². The molecule has 4 nitrogen and oxygen atoms in total. The molecule has 192 valence electrons. The number of hydrogen-bond acceptors (Lipinski definition) is 3. The number of hydrogen-bond donors (Lipinski definition) is 1. The van der Waals surface area contributed by atoms with Crippen LogP contribution >= 0.6 is 0 Å². The van der Waals surface area contributed by atoms with Crippen molar-refractivity contribution < 1.29 is 19.4 Å². The summed E-state index contributed by atoms with van der Waals surface area (Å²) in [5.41, 5.74) is 3.65. The van der Waals surface area contributed by atoms with Gasteiger partial charge in [0, 0.05) is 13.3 Å². The first-order valence-electron chi connectivity index (χ1n) is 13.4. The third-order valence-corrected chi connectivity index (χ3v) is 8.40. The molecular formula is C31H44O4. The quantitative estimate of drug-likeness (QED) is 0.346. The van der Waals surface area contributed by atoms with E-state index in [0.717, 1.165) is 49.7 Å². The Hall–Kier alpha value is -2.36. The van der Waals surface area contributed by atoms with E-state index < -0.39 is 5.97 Å². The molecule has 0 aliphatic heterocycles. The van der Waals surface area contributed by atoms with Gasteiger partial charge in [0.25, 0.3) is 0 Å². The average molecular weight is 481 g/mol. The van der Waals surface area contributed by atoms with E-state index in [1.165, 1.54) is 12.5 Å². The Bertz CT molecular complexity index is 972. The minimum atomic E-state index is -0.868. The maximum atomic E-state index is 12.4. The molecule has 1 unspecified atom stereocenters. The van der Waals surface area contributed by atoms with Gasteiger partial charge in [-0.15, -0.1) is 0 Å². The predicted octanol–water partition coefficient (Wildman–Crippen LogP) is 7.73. The fourth-order valence-corrected chi connectivity index (χ4v) is 6.57. The summed E-state index contributed by atoms with van der Waals surface area (Å²) in [6.45, 7) is 12.8. The zero-order chi connectivity index (χ0) is 25.8. The van der Waals surface area contributed by atoms with Gasteiger partial charge in [-0.3, -0.25) is 4.79 Å². The zero-order valence-electron chi connectivity index (χ0n) is 22.5. The molecule has 0 saturated heterocycles. The largest absolute Gasteiger partial charge is 0.478 e. The third kappa shape index (κ3) is 6.65. The summed E-state index contributed by atoms with van der Waals surface area (Å²) in [6.07, 6.45) is 13.1. The molecule has 0 radical (unpaired) electrons. The summed E-state index contributed by atoms with van der Waals surface area (Å²) in [4.78, 5) is 24.1. The van der Waals surface area contributed by atoms with Crippen LogP contribution in [0.2, 0.25) is 0 Å². The second-order valence-corrected chi connectivity index (χ2v) is 11.5. The number of ether oxygens (including phenoxy) is 1. The van der Waals surface area contributed by atoms with Crippen molar-refractivity contribution >= 4 is 11.9 Å². The molecule has 4 heteroatoms. The van der Waals surface area contributed by atoms with E-state index >= 15 is 0 Å². The first kappa shape index (κ1) is 27.2. The number of esters is 1. The van der Waals surface area contributed by atoms with Gasteiger partial charge < -0.3 is 9.84 Å². The monoisotopic (exact) mass is 480 g/mol. The van der Waals surface area contributed by atoms with Crippen molar-refractivity contribution in [3.63, 3.8) is 0 Å². The second kappa shape index (κ2) is 11.6. The number of carbonyl (C=O) groups is 2. The van der Waals surface area contributed by atoms with E-state index in [4.69, 9.17) is 4.74 Å². The lowest BCUT2D eigenvalue weighted by Crippen LogP contribution is -2.32. The molecule has 0 heterocycles. The summed E-state index contributed by atoms with van der Waals surface area (Å²) in [5, 5.41) is 10.2. The number of carboxylic acids is 1. The van der Waals surface area contributed by atoms with Crippen LogP contribution in [0.5, 0.6) is 0 Å². The number of carbonyl (C=O) groups excluding carboxylic acids is 1. The van der Waals surface area contributed by atoms with Gasteiger partial charge in [-0.25, -0.2) is 4.79 Å². The maximum absolute atomic E-state index is 12.4. The van der Waals surface area contributed by atoms with E-state index in [-0.39, 0.29) is 23.4 Å². The number of rotatable bonds is 5. The topological polar surface area (TPSA) is 63.6 Å². The highest BCUT2D eigenvalue weighted by molar-refractivity contribution is 5.90. The van der Waals surface area contributed by atoms with Crippen LogP contribution in [0.3, 0.4) is 0 Å². The SMILES string of the molecule is CC(=O)O[C@H]1CC/C(C)=C/CC[C@@]2(C)C(CC[C@@H]2[C@@H](C)/C=C/C(C)C)c2ccc(cc2C(=O)O)C1. The van der Waals surface area contributed by atoms with Crippen LogP contribution in [-0.4, -0.2) is 23.1 Å². The molecule has 1 N–H and O–H groups in total. The Labute approximate surface area is 211 Å². The van der Waals surface area contributed by atoms with Crippen molar-refractivity contribution in [2.75, 3.05) is 0 Å². The molecule has 0 amide bonds. The van der Waals surface area contributed by atoms with Crippen LogP contribution in [0.4, 0.5) is 0 Å². The van der Waals surface area contributed by atoms with E-state index in [9.17, 15) is 14.7 Å². The first-order valence-corrected chi connectivity index (χ1v) is 13.4. The molecule has 1 aromatic rings. The van der Waals surface area contributed by atoms with E-state index in [2.05, 4.69) is 65.0 Å². The molecule has 35 heavy (non-hydrogen) atoms. The van der Waals surface area contributed by atoms with Crippen LogP contribution in [0.15, 0.2) is 42.0 Å². The Morgan fingerprint density at radius 1 is 1.14 bits per heavy atom. The average Bonchev–Trinajstić information content (AvgIpc) is 3.11. The predicted molar refractivity (Wildman–Crippen MR) is 142 cm³/mol. The highest BCUT2D eigenvalue weighted by Gasteiger charge is 2.48. The molecular weight excluding hydrogens is 436 g/mol. The standard InChI is InChI=1S/C31H44O4/c1-20(2)9-11-22(4)28-15-16-29-26-14-12-24(19-27(26)30(33)34)18-25(35-23(5)32)13-10-21(3)8-7-17-31(28,29)6/h8-9,11-12,14,19-20,22,25,28-29H,7,10,13,15-18H2,1-6H3,(H,33,34)/b11-9+,21-8+/t22-,25-,28+,29?,31+/m0/s1. The van der Waals surface area contributed by atoms with Crippen molar-refractivity contribution in [2.24, 2.45) is 23.2 Å². The smallest absolute Gasteiger partial charge is 0.335 e. The van der Waals surface area contributed by atoms with Crippen LogP contribution < -0.4 is 0 Å². The van der Waals surface area contributed by atoms with Crippen LogP contribution in [0, 0.1) is 23.2 Å². The highest BCUT2D eigenvalue weighted by atomic mass is 16.5. The minimum Gasteiger partial charge on any atom is -0.478 e. The first-order chi connectivity index (χ1) is 16.5. The number of aromatic carboxylic acids is 1. The molecule has 0 spiro atoms. The molecule has 1 fully saturated rings. The fourth-order valence-electron chi connectivity index (χ4n) is 6.57. The normalized spacial score (nSPS) is 29.9. The highest BCUT2D eigenvalue weighted by Crippen LogP contribution is 2.58. The van der Waals surface area contributed by atoms with E-state index in [1.807, 2.05) is 6.07 Å². The van der Waals surface area contributed by atoms with Gasteiger partial charge >= 0.3 is 11.9 Å². The van der Waals surface area contributed by atoms with Gasteiger partial charge in [0.1, 0.15) is 6.10 Å². The van der Waals surface area contributed by atoms with Gasteiger partial charge in [-0.2, -0.15) is 0 Å². The van der Waals surface area contributed by atoms with Crippen molar-refractivity contribution in [1.82, 2.24) is 0 Å². The number of allylic oxidation sites excluding steroid dienone is 4. The Morgan fingerprint density at radius 3 is 2.54 bits per heavy atom. The van der Waals surface area contributed by atoms with Crippen molar-refractivity contribution in [2.45, 2.75) is 98.5 Å². The zero-order valence-corrected chi connectivity index (χ0v) is 22.5. The number of carboxylic acid groups (broad SMARTS) is 1. The van der Waals surface area contributed by atoms with Gasteiger partial charge in [-0.1, -0.05) is 63.6 Å².